The van der Waals surface area contributed by atoms with Crippen molar-refractivity contribution in [3.8, 4) is 0 Å². The van der Waals surface area contributed by atoms with Gasteiger partial charge in [-0.1, -0.05) is 6.07 Å². The summed E-state index contributed by atoms with van der Waals surface area (Å²) in [6.45, 7) is 3.86. The molecular weight excluding hydrogens is 300 g/mol. The number of benzene rings is 1. The fourth-order valence-corrected chi connectivity index (χ4v) is 4.75. The molecule has 0 bridgehead atoms. The number of rotatable bonds is 3. The third-order valence-electron chi connectivity index (χ3n) is 5.05. The molecule has 1 saturated carbocycles. The van der Waals surface area contributed by atoms with Gasteiger partial charge in [-0.3, -0.25) is 4.79 Å². The van der Waals surface area contributed by atoms with Gasteiger partial charge in [0.25, 0.3) is 0 Å². The van der Waals surface area contributed by atoms with E-state index in [1.54, 1.807) is 12.1 Å². The lowest BCUT2D eigenvalue weighted by atomic mass is 9.68. The Kier molecular flexibility index (Phi) is 3.77. The average Bonchev–Trinajstić information content (AvgIpc) is 2.41. The Morgan fingerprint density at radius 3 is 2.55 bits per heavy atom. The smallest absolute Gasteiger partial charge is 0.240 e. The highest BCUT2D eigenvalue weighted by molar-refractivity contribution is 7.89. The van der Waals surface area contributed by atoms with Crippen molar-refractivity contribution in [2.75, 3.05) is 0 Å². The van der Waals surface area contributed by atoms with Crippen molar-refractivity contribution in [2.45, 2.75) is 62.4 Å². The zero-order chi connectivity index (χ0) is 16.0. The maximum Gasteiger partial charge on any atom is 0.240 e. The third-order valence-corrected chi connectivity index (χ3v) is 6.52. The summed E-state index contributed by atoms with van der Waals surface area (Å²) in [4.78, 5) is 11.9. The number of hydrogen-bond acceptors (Lipinski definition) is 3. The Bertz CT molecular complexity index is 708. The van der Waals surface area contributed by atoms with Crippen molar-refractivity contribution in [3.05, 3.63) is 29.3 Å². The molecule has 2 fully saturated rings. The number of carbonyl (C=O) groups excluding carboxylic acids is 1. The van der Waals surface area contributed by atoms with E-state index in [9.17, 15) is 13.2 Å². The van der Waals surface area contributed by atoms with Crippen LogP contribution in [0.2, 0.25) is 0 Å². The number of hydrogen-bond donors (Lipinski definition) is 2. The van der Waals surface area contributed by atoms with Crippen molar-refractivity contribution in [1.82, 2.24) is 10.0 Å². The van der Waals surface area contributed by atoms with Gasteiger partial charge in [0.15, 0.2) is 0 Å². The molecule has 0 aromatic heterocycles. The second kappa shape index (κ2) is 5.35. The molecule has 2 N–H and O–H groups in total. The number of amides is 1. The first-order valence-electron chi connectivity index (χ1n) is 7.73. The van der Waals surface area contributed by atoms with Crippen molar-refractivity contribution in [3.63, 3.8) is 0 Å². The van der Waals surface area contributed by atoms with Gasteiger partial charge in [-0.25, -0.2) is 13.1 Å². The number of carbonyl (C=O) groups is 1. The number of sulfonamides is 1. The summed E-state index contributed by atoms with van der Waals surface area (Å²) >= 11 is 0. The molecule has 1 aromatic rings. The van der Waals surface area contributed by atoms with Crippen LogP contribution in [0, 0.1) is 13.8 Å². The summed E-state index contributed by atoms with van der Waals surface area (Å²) in [7, 11) is -3.57. The first kappa shape index (κ1) is 15.5. The van der Waals surface area contributed by atoms with Gasteiger partial charge in [-0.05, 0) is 62.8 Å². The van der Waals surface area contributed by atoms with E-state index in [-0.39, 0.29) is 17.5 Å². The molecule has 1 atom stereocenters. The van der Waals surface area contributed by atoms with Gasteiger partial charge in [0, 0.05) is 12.5 Å². The summed E-state index contributed by atoms with van der Waals surface area (Å²) in [6.07, 6.45) is 3.66. The lowest BCUT2D eigenvalue weighted by Gasteiger charge is -2.50. The van der Waals surface area contributed by atoms with Crippen LogP contribution in [-0.4, -0.2) is 25.9 Å². The van der Waals surface area contributed by atoms with Crippen LogP contribution in [0.15, 0.2) is 23.1 Å². The van der Waals surface area contributed by atoms with E-state index < -0.39 is 10.0 Å². The molecule has 0 radical (unpaired) electrons. The van der Waals surface area contributed by atoms with Gasteiger partial charge in [0.05, 0.1) is 10.4 Å². The van der Waals surface area contributed by atoms with E-state index >= 15 is 0 Å². The molecule has 1 aliphatic carbocycles. The van der Waals surface area contributed by atoms with E-state index in [0.717, 1.165) is 30.4 Å². The predicted octanol–water partition coefficient (Wildman–Crippen LogP) is 1.78. The topological polar surface area (TPSA) is 75.3 Å². The van der Waals surface area contributed by atoms with E-state index in [0.29, 0.717) is 17.7 Å². The molecule has 2 aliphatic rings. The Morgan fingerprint density at radius 2 is 1.95 bits per heavy atom. The molecular formula is C16H22N2O3S. The Morgan fingerprint density at radius 1 is 1.23 bits per heavy atom. The summed E-state index contributed by atoms with van der Waals surface area (Å²) in [5.41, 5.74) is 1.65. The lowest BCUT2D eigenvalue weighted by Crippen LogP contribution is -2.68. The highest BCUT2D eigenvalue weighted by atomic mass is 32.2. The van der Waals surface area contributed by atoms with Crippen LogP contribution in [0.4, 0.5) is 0 Å². The van der Waals surface area contributed by atoms with Gasteiger partial charge in [0.2, 0.25) is 15.9 Å². The molecule has 1 saturated heterocycles. The van der Waals surface area contributed by atoms with Gasteiger partial charge < -0.3 is 5.32 Å². The largest absolute Gasteiger partial charge is 0.349 e. The molecule has 6 heteroatoms. The van der Waals surface area contributed by atoms with E-state index in [1.165, 1.54) is 0 Å². The fourth-order valence-electron chi connectivity index (χ4n) is 3.32. The molecule has 5 nitrogen and oxygen atoms in total. The first-order chi connectivity index (χ1) is 10.3. The van der Waals surface area contributed by atoms with E-state index in [4.69, 9.17) is 0 Å². The predicted molar refractivity (Wildman–Crippen MR) is 84.0 cm³/mol. The van der Waals surface area contributed by atoms with Crippen molar-refractivity contribution in [1.29, 1.82) is 0 Å². The standard InChI is InChI=1S/C16H22N2O3S/c1-11-4-5-13(10-12(11)2)22(20,21)18-14-6-7-15(19)17-16(14)8-3-9-16/h4-5,10,14,18H,3,6-9H2,1-2H3,(H,17,19). The zero-order valence-corrected chi connectivity index (χ0v) is 13.8. The minimum atomic E-state index is -3.57. The van der Waals surface area contributed by atoms with Crippen LogP contribution in [-0.2, 0) is 14.8 Å². The molecule has 1 aliphatic heterocycles. The molecule has 1 unspecified atom stereocenters. The quantitative estimate of drug-likeness (QED) is 0.891. The summed E-state index contributed by atoms with van der Waals surface area (Å²) in [6, 6.07) is 4.95. The van der Waals surface area contributed by atoms with Crippen molar-refractivity contribution < 1.29 is 13.2 Å². The number of nitrogens with one attached hydrogen (secondary N) is 2. The Labute approximate surface area is 131 Å². The van der Waals surface area contributed by atoms with Crippen LogP contribution < -0.4 is 10.0 Å². The SMILES string of the molecule is Cc1ccc(S(=O)(=O)NC2CCC(=O)NC23CCC3)cc1C. The second-order valence-corrected chi connectivity index (χ2v) is 8.23. The molecule has 3 rings (SSSR count). The van der Waals surface area contributed by atoms with Crippen molar-refractivity contribution >= 4 is 15.9 Å². The second-order valence-electron chi connectivity index (χ2n) is 6.52. The summed E-state index contributed by atoms with van der Waals surface area (Å²) in [5.74, 6) is 0.0290. The Hall–Kier alpha value is -1.40. The van der Waals surface area contributed by atoms with Crippen molar-refractivity contribution in [2.24, 2.45) is 0 Å². The molecule has 1 heterocycles. The average molecular weight is 322 g/mol. The van der Waals surface area contributed by atoms with Crippen LogP contribution in [0.25, 0.3) is 0 Å². The normalized spacial score (nSPS) is 23.9. The zero-order valence-electron chi connectivity index (χ0n) is 13.0. The minimum Gasteiger partial charge on any atom is -0.349 e. The lowest BCUT2D eigenvalue weighted by molar-refractivity contribution is -0.127. The molecule has 1 amide bonds. The van der Waals surface area contributed by atoms with Gasteiger partial charge >= 0.3 is 0 Å². The highest BCUT2D eigenvalue weighted by Gasteiger charge is 2.49. The number of piperidine rings is 1. The fraction of sp³-hybridized carbons (Fsp3) is 0.562. The summed E-state index contributed by atoms with van der Waals surface area (Å²) < 4.78 is 28.1. The van der Waals surface area contributed by atoms with Crippen LogP contribution in [0.1, 0.15) is 43.2 Å². The minimum absolute atomic E-state index is 0.0290. The molecule has 1 spiro atoms. The van der Waals surface area contributed by atoms with E-state index in [1.807, 2.05) is 19.9 Å². The number of aryl methyl sites for hydroxylation is 2. The third kappa shape index (κ3) is 2.65. The van der Waals surface area contributed by atoms with Gasteiger partial charge in [0.1, 0.15) is 0 Å². The summed E-state index contributed by atoms with van der Waals surface area (Å²) in [5, 5.41) is 3.01. The van der Waals surface area contributed by atoms with Crippen LogP contribution in [0.5, 0.6) is 0 Å². The monoisotopic (exact) mass is 322 g/mol. The van der Waals surface area contributed by atoms with E-state index in [2.05, 4.69) is 10.0 Å². The highest BCUT2D eigenvalue weighted by Crippen LogP contribution is 2.39. The Balaban J connectivity index is 1.84. The maximum atomic E-state index is 12.6. The van der Waals surface area contributed by atoms with Crippen LogP contribution >= 0.6 is 0 Å². The van der Waals surface area contributed by atoms with Gasteiger partial charge in [-0.2, -0.15) is 0 Å². The molecule has 22 heavy (non-hydrogen) atoms. The molecule has 120 valence electrons. The first-order valence-corrected chi connectivity index (χ1v) is 9.21. The van der Waals surface area contributed by atoms with Crippen LogP contribution in [0.3, 0.4) is 0 Å². The van der Waals surface area contributed by atoms with Gasteiger partial charge in [-0.15, -0.1) is 0 Å². The maximum absolute atomic E-state index is 12.6. The molecule has 1 aromatic carbocycles.